The second-order valence-corrected chi connectivity index (χ2v) is 3.17. The predicted octanol–water partition coefficient (Wildman–Crippen LogP) is 1.32. The highest BCUT2D eigenvalue weighted by Gasteiger charge is 2.20. The highest BCUT2D eigenvalue weighted by Crippen LogP contribution is 2.19. The van der Waals surface area contributed by atoms with Crippen LogP contribution in [0, 0.1) is 5.82 Å². The second kappa shape index (κ2) is 5.79. The van der Waals surface area contributed by atoms with Gasteiger partial charge in [0, 0.05) is 6.54 Å². The molecule has 1 amide bonds. The average molecular weight is 237 g/mol. The molecule has 0 aliphatic rings. The number of hydrogen-bond donors (Lipinski definition) is 1. The van der Waals surface area contributed by atoms with Crippen LogP contribution >= 0.6 is 0 Å². The van der Waals surface area contributed by atoms with Crippen LogP contribution in [0.25, 0.3) is 0 Å². The fraction of sp³-hybridized carbons (Fsp3) is 0.167. The van der Waals surface area contributed by atoms with Crippen molar-refractivity contribution in [3.05, 3.63) is 42.2 Å². The topological polar surface area (TPSA) is 55.4 Å². The summed E-state index contributed by atoms with van der Waals surface area (Å²) in [6.45, 7) is 3.57. The van der Waals surface area contributed by atoms with Crippen molar-refractivity contribution in [3.63, 3.8) is 0 Å². The first kappa shape index (κ1) is 12.9. The van der Waals surface area contributed by atoms with Gasteiger partial charge in [0.2, 0.25) is 0 Å². The molecule has 0 spiro atoms. The third kappa shape index (κ3) is 3.14. The Morgan fingerprint density at radius 1 is 1.53 bits per heavy atom. The Labute approximate surface area is 98.1 Å². The van der Waals surface area contributed by atoms with E-state index in [9.17, 15) is 14.0 Å². The van der Waals surface area contributed by atoms with E-state index < -0.39 is 17.5 Å². The van der Waals surface area contributed by atoms with E-state index >= 15 is 0 Å². The minimum Gasteiger partial charge on any atom is -0.496 e. The molecule has 0 aliphatic heterocycles. The number of rotatable bonds is 5. The standard InChI is InChI=1S/C12H12FNO3/c1-3-6-14-12(16)11(15)9-7-8(13)4-5-10(9)17-2/h3-5,7H,1,6H2,2H3,(H,14,16). The van der Waals surface area contributed by atoms with Gasteiger partial charge in [0.15, 0.2) is 0 Å². The minimum absolute atomic E-state index is 0.103. The number of ketones is 1. The minimum atomic E-state index is -0.844. The first-order valence-electron chi connectivity index (χ1n) is 4.87. The number of halogens is 1. The van der Waals surface area contributed by atoms with E-state index in [-0.39, 0.29) is 17.9 Å². The van der Waals surface area contributed by atoms with Gasteiger partial charge in [-0.3, -0.25) is 9.59 Å². The average Bonchev–Trinajstić information content (AvgIpc) is 2.34. The highest BCUT2D eigenvalue weighted by atomic mass is 19.1. The Hall–Kier alpha value is -2.17. The molecular weight excluding hydrogens is 225 g/mol. The van der Waals surface area contributed by atoms with Crippen molar-refractivity contribution < 1.29 is 18.7 Å². The Morgan fingerprint density at radius 3 is 2.82 bits per heavy atom. The SMILES string of the molecule is C=CCNC(=O)C(=O)c1cc(F)ccc1OC. The molecule has 0 unspecified atom stereocenters. The summed E-state index contributed by atoms with van der Waals surface area (Å²) in [6, 6.07) is 3.41. The number of carbonyl (C=O) groups is 2. The van der Waals surface area contributed by atoms with E-state index in [2.05, 4.69) is 11.9 Å². The number of methoxy groups -OCH3 is 1. The van der Waals surface area contributed by atoms with Crippen LogP contribution < -0.4 is 10.1 Å². The lowest BCUT2D eigenvalue weighted by Crippen LogP contribution is -2.31. The van der Waals surface area contributed by atoms with Gasteiger partial charge in [0.1, 0.15) is 11.6 Å². The van der Waals surface area contributed by atoms with Gasteiger partial charge in [-0.2, -0.15) is 0 Å². The molecular formula is C12H12FNO3. The summed E-state index contributed by atoms with van der Waals surface area (Å²) < 4.78 is 17.9. The van der Waals surface area contributed by atoms with Crippen molar-refractivity contribution in [1.29, 1.82) is 0 Å². The summed E-state index contributed by atoms with van der Waals surface area (Å²) in [5.41, 5.74) is -0.103. The monoisotopic (exact) mass is 237 g/mol. The maximum Gasteiger partial charge on any atom is 0.292 e. The maximum absolute atomic E-state index is 13.0. The molecule has 90 valence electrons. The van der Waals surface area contributed by atoms with Gasteiger partial charge >= 0.3 is 0 Å². The molecule has 5 heteroatoms. The molecule has 0 radical (unpaired) electrons. The van der Waals surface area contributed by atoms with Crippen LogP contribution in [0.1, 0.15) is 10.4 Å². The molecule has 1 aromatic rings. The van der Waals surface area contributed by atoms with E-state index in [1.165, 1.54) is 19.3 Å². The molecule has 0 saturated heterocycles. The number of hydrogen-bond acceptors (Lipinski definition) is 3. The lowest BCUT2D eigenvalue weighted by Gasteiger charge is -2.07. The van der Waals surface area contributed by atoms with E-state index in [4.69, 9.17) is 4.74 Å². The van der Waals surface area contributed by atoms with Crippen LogP contribution in [0.5, 0.6) is 5.75 Å². The largest absolute Gasteiger partial charge is 0.496 e. The molecule has 0 aromatic heterocycles. The van der Waals surface area contributed by atoms with Gasteiger partial charge in [-0.05, 0) is 18.2 Å². The molecule has 1 aromatic carbocycles. The summed E-state index contributed by atoms with van der Waals surface area (Å²) in [5, 5.41) is 2.32. The first-order valence-corrected chi connectivity index (χ1v) is 4.87. The molecule has 0 aliphatic carbocycles. The van der Waals surface area contributed by atoms with E-state index in [0.717, 1.165) is 12.1 Å². The van der Waals surface area contributed by atoms with Crippen molar-refractivity contribution >= 4 is 11.7 Å². The molecule has 0 bridgehead atoms. The number of nitrogens with one attached hydrogen (secondary N) is 1. The first-order chi connectivity index (χ1) is 8.10. The molecule has 1 N–H and O–H groups in total. The van der Waals surface area contributed by atoms with Gasteiger partial charge in [-0.15, -0.1) is 6.58 Å². The Balaban J connectivity index is 2.98. The Morgan fingerprint density at radius 2 is 2.24 bits per heavy atom. The van der Waals surface area contributed by atoms with Gasteiger partial charge in [0.05, 0.1) is 12.7 Å². The smallest absolute Gasteiger partial charge is 0.292 e. The number of amides is 1. The molecule has 17 heavy (non-hydrogen) atoms. The van der Waals surface area contributed by atoms with Crippen molar-refractivity contribution in [2.24, 2.45) is 0 Å². The number of benzene rings is 1. The molecule has 1 rings (SSSR count). The summed E-state index contributed by atoms with van der Waals surface area (Å²) in [6.07, 6.45) is 1.44. The Bertz CT molecular complexity index is 457. The van der Waals surface area contributed by atoms with Gasteiger partial charge in [-0.25, -0.2) is 4.39 Å². The number of carbonyl (C=O) groups excluding carboxylic acids is 2. The zero-order valence-electron chi connectivity index (χ0n) is 9.33. The van der Waals surface area contributed by atoms with Crippen LogP contribution in [-0.4, -0.2) is 25.3 Å². The van der Waals surface area contributed by atoms with E-state index in [1.807, 2.05) is 0 Å². The van der Waals surface area contributed by atoms with Crippen molar-refractivity contribution in [3.8, 4) is 5.75 Å². The number of Topliss-reactive ketones (excluding diaryl/α,β-unsaturated/α-hetero) is 1. The lowest BCUT2D eigenvalue weighted by molar-refractivity contribution is -0.116. The quantitative estimate of drug-likeness (QED) is 0.477. The zero-order valence-corrected chi connectivity index (χ0v) is 9.33. The lowest BCUT2D eigenvalue weighted by atomic mass is 10.1. The molecule has 0 fully saturated rings. The van der Waals surface area contributed by atoms with Crippen LogP contribution in [0.15, 0.2) is 30.9 Å². The summed E-state index contributed by atoms with van der Waals surface area (Å²) in [4.78, 5) is 23.1. The van der Waals surface area contributed by atoms with Gasteiger partial charge in [-0.1, -0.05) is 6.08 Å². The van der Waals surface area contributed by atoms with Crippen molar-refractivity contribution in [2.45, 2.75) is 0 Å². The third-order valence-electron chi connectivity index (χ3n) is 2.02. The predicted molar refractivity (Wildman–Crippen MR) is 60.5 cm³/mol. The highest BCUT2D eigenvalue weighted by molar-refractivity contribution is 6.43. The molecule has 0 saturated carbocycles. The summed E-state index contributed by atoms with van der Waals surface area (Å²) >= 11 is 0. The van der Waals surface area contributed by atoms with Crippen LogP contribution in [0.3, 0.4) is 0 Å². The van der Waals surface area contributed by atoms with Crippen LogP contribution in [0.4, 0.5) is 4.39 Å². The summed E-state index contributed by atoms with van der Waals surface area (Å²) in [7, 11) is 1.34. The normalized spacial score (nSPS) is 9.53. The van der Waals surface area contributed by atoms with Gasteiger partial charge in [0.25, 0.3) is 11.7 Å². The third-order valence-corrected chi connectivity index (χ3v) is 2.02. The summed E-state index contributed by atoms with van der Waals surface area (Å²) in [5.74, 6) is -2.12. The maximum atomic E-state index is 13.0. The van der Waals surface area contributed by atoms with E-state index in [0.29, 0.717) is 0 Å². The number of ether oxygens (including phenoxy) is 1. The molecule has 0 heterocycles. The fourth-order valence-electron chi connectivity index (χ4n) is 1.23. The second-order valence-electron chi connectivity index (χ2n) is 3.17. The van der Waals surface area contributed by atoms with Crippen LogP contribution in [0.2, 0.25) is 0 Å². The zero-order chi connectivity index (χ0) is 12.8. The van der Waals surface area contributed by atoms with Crippen molar-refractivity contribution in [2.75, 3.05) is 13.7 Å². The molecule has 0 atom stereocenters. The Kier molecular flexibility index (Phi) is 4.39. The van der Waals surface area contributed by atoms with E-state index in [1.54, 1.807) is 0 Å². The van der Waals surface area contributed by atoms with Crippen LogP contribution in [-0.2, 0) is 4.79 Å². The van der Waals surface area contributed by atoms with Crippen molar-refractivity contribution in [1.82, 2.24) is 5.32 Å². The fourth-order valence-corrected chi connectivity index (χ4v) is 1.23. The van der Waals surface area contributed by atoms with Gasteiger partial charge < -0.3 is 10.1 Å². The molecule has 4 nitrogen and oxygen atoms in total.